The number of carbonyl (C=O) groups is 2. The lowest BCUT2D eigenvalue weighted by Crippen LogP contribution is -2.45. The molecule has 30 heteroatoms. The summed E-state index contributed by atoms with van der Waals surface area (Å²) in [7, 11) is -10.5. The van der Waals surface area contributed by atoms with Crippen molar-refractivity contribution >= 4 is 56.0 Å². The molecule has 2 aliphatic heterocycles. The van der Waals surface area contributed by atoms with Gasteiger partial charge in [-0.2, -0.15) is 4.98 Å². The average Bonchev–Trinajstić information content (AvgIpc) is 3.86. The van der Waals surface area contributed by atoms with Crippen LogP contribution in [-0.4, -0.2) is 121 Å². The number of fused-ring (bicyclic) bond motifs is 1. The molecule has 6 rings (SSSR count). The van der Waals surface area contributed by atoms with Gasteiger partial charge in [0, 0.05) is 16.8 Å². The number of nitrogen functional groups attached to an aromatic ring is 2. The second-order valence-corrected chi connectivity index (χ2v) is 16.3. The summed E-state index contributed by atoms with van der Waals surface area (Å²) in [6, 6.07) is 5.79. The van der Waals surface area contributed by atoms with E-state index in [0.717, 1.165) is 18.6 Å². The van der Waals surface area contributed by atoms with E-state index in [1.807, 2.05) is 0 Å². The van der Waals surface area contributed by atoms with Crippen molar-refractivity contribution in [2.45, 2.75) is 68.2 Å². The largest absolute Gasteiger partial charge is 0.469 e. The first-order chi connectivity index (χ1) is 28.4. The van der Waals surface area contributed by atoms with Gasteiger partial charge in [0.2, 0.25) is 0 Å². The first-order valence-corrected chi connectivity index (χ1v) is 20.4. The lowest BCUT2D eigenvalue weighted by atomic mass is 10.1. The van der Waals surface area contributed by atoms with E-state index in [0.29, 0.717) is 15.8 Å². The van der Waals surface area contributed by atoms with Gasteiger partial charge in [0.1, 0.15) is 60.4 Å². The minimum atomic E-state index is -5.27. The Balaban J connectivity index is 1.20. The number of aliphatic hydroxyl groups excluding tert-OH is 2. The van der Waals surface area contributed by atoms with Crippen molar-refractivity contribution in [3.63, 3.8) is 0 Å². The number of nitrogens with two attached hydrogens (primary N) is 2. The maximum atomic E-state index is 14.0. The number of nitrogens with one attached hydrogen (secondary N) is 1. The van der Waals surface area contributed by atoms with Crippen LogP contribution in [0.15, 0.2) is 59.1 Å². The van der Waals surface area contributed by atoms with Gasteiger partial charge >= 0.3 is 33.2 Å². The highest BCUT2D eigenvalue weighted by molar-refractivity contribution is 7.53. The summed E-state index contributed by atoms with van der Waals surface area (Å²) >= 11 is 0. The fraction of sp³-hybridized carbons (Fsp3) is 0.433. The van der Waals surface area contributed by atoms with Gasteiger partial charge in [-0.25, -0.2) is 33.9 Å². The molecule has 1 amide bonds. The number of carbonyl (C=O) groups excluding carboxylic acids is 2. The highest BCUT2D eigenvalue weighted by atomic mass is 31.2. The summed E-state index contributed by atoms with van der Waals surface area (Å²) in [5.74, 6) is -1.38. The number of nitrogens with zero attached hydrogens (tertiary/aromatic N) is 9. The van der Waals surface area contributed by atoms with Crippen LogP contribution in [0.2, 0.25) is 0 Å². The molecule has 1 aromatic carbocycles. The maximum absolute atomic E-state index is 14.0. The van der Waals surface area contributed by atoms with E-state index in [-0.39, 0.29) is 29.4 Å². The maximum Gasteiger partial charge on any atom is 0.469 e. The van der Waals surface area contributed by atoms with Crippen LogP contribution in [0.25, 0.3) is 21.6 Å². The van der Waals surface area contributed by atoms with Gasteiger partial charge in [0.25, 0.3) is 0 Å². The number of alkyl carbamates (subject to hydrolysis) is 1. The van der Waals surface area contributed by atoms with Crippen molar-refractivity contribution in [1.82, 2.24) is 34.4 Å². The van der Waals surface area contributed by atoms with Crippen LogP contribution in [0.5, 0.6) is 0 Å². The molecule has 60 heavy (non-hydrogen) atoms. The Morgan fingerprint density at radius 1 is 1.00 bits per heavy atom. The number of imidazole rings is 1. The minimum Gasteiger partial charge on any atom is -0.455 e. The fourth-order valence-electron chi connectivity index (χ4n) is 6.21. The lowest BCUT2D eigenvalue weighted by molar-refractivity contribution is -0.158. The van der Waals surface area contributed by atoms with Gasteiger partial charge in [-0.15, -0.1) is 0 Å². The van der Waals surface area contributed by atoms with Crippen LogP contribution in [-0.2, 0) is 48.5 Å². The monoisotopic (exact) mass is 882 g/mol. The molecule has 2 fully saturated rings. The summed E-state index contributed by atoms with van der Waals surface area (Å²) in [6.07, 6.45) is -9.97. The highest BCUT2D eigenvalue weighted by Gasteiger charge is 2.56. The van der Waals surface area contributed by atoms with E-state index in [4.69, 9.17) is 40.5 Å². The van der Waals surface area contributed by atoms with Crippen molar-refractivity contribution in [3.05, 3.63) is 75.7 Å². The Kier molecular flexibility index (Phi) is 13.1. The molecule has 10 atom stereocenters. The van der Waals surface area contributed by atoms with E-state index < -0.39 is 101 Å². The molecule has 4 aromatic rings. The lowest BCUT2D eigenvalue weighted by Gasteiger charge is -2.27. The number of aliphatic hydroxyl groups is 2. The Labute approximate surface area is 335 Å². The van der Waals surface area contributed by atoms with Crippen LogP contribution in [0.3, 0.4) is 0 Å². The zero-order valence-electron chi connectivity index (χ0n) is 30.7. The number of rotatable bonds is 15. The molecule has 2 aliphatic rings. The first-order valence-electron chi connectivity index (χ1n) is 17.3. The van der Waals surface area contributed by atoms with Crippen LogP contribution in [0, 0.1) is 0 Å². The second kappa shape index (κ2) is 17.9. The third kappa shape index (κ3) is 9.88. The number of aromatic nitrogens is 6. The third-order valence-electron chi connectivity index (χ3n) is 9.05. The average molecular weight is 883 g/mol. The number of phosphoric acid groups is 1. The molecule has 1 unspecified atom stereocenters. The summed E-state index contributed by atoms with van der Waals surface area (Å²) in [5, 5.41) is 28.5. The molecule has 10 N–H and O–H groups in total. The normalized spacial score (nSPS) is 25.6. The second-order valence-electron chi connectivity index (χ2n) is 13.1. The zero-order valence-corrected chi connectivity index (χ0v) is 32.5. The van der Waals surface area contributed by atoms with E-state index >= 15 is 0 Å². The van der Waals surface area contributed by atoms with E-state index in [1.165, 1.54) is 42.1 Å². The number of benzene rings is 1. The zero-order chi connectivity index (χ0) is 43.5. The van der Waals surface area contributed by atoms with Gasteiger partial charge in [0.15, 0.2) is 30.0 Å². The molecule has 2 saturated heterocycles. The summed E-state index contributed by atoms with van der Waals surface area (Å²) in [5.41, 5.74) is 17.9. The topological polar surface area (TPSA) is 416 Å². The van der Waals surface area contributed by atoms with Gasteiger partial charge < -0.3 is 65.1 Å². The fourth-order valence-corrected chi connectivity index (χ4v) is 8.20. The summed E-state index contributed by atoms with van der Waals surface area (Å²) in [4.78, 5) is 86.7. The number of amides is 1. The molecule has 3 aromatic heterocycles. The van der Waals surface area contributed by atoms with Crippen LogP contribution in [0.1, 0.15) is 24.9 Å². The third-order valence-corrected chi connectivity index (χ3v) is 11.4. The quantitative estimate of drug-likeness (QED) is 0.0248. The van der Waals surface area contributed by atoms with Crippen LogP contribution in [0.4, 0.5) is 22.1 Å². The van der Waals surface area contributed by atoms with Gasteiger partial charge in [-0.3, -0.25) is 18.2 Å². The SMILES string of the molecule is C[C@H](NC(=O)OCc1ccc(N=[N+]=[N-])cc1)C(=O)O[C@H]1[C@@H](O)[C@H](n2cnc3c(N)ncnc32)O[C@@H]1COP(=O)(O)[C@H]1[C@@H](O)[C@H](n2ccc(N)nc2=O)O[C@@H]1COP(=O)(O)O. The number of hydrogen-bond donors (Lipinski definition) is 8. The van der Waals surface area contributed by atoms with Crippen molar-refractivity contribution in [2.24, 2.45) is 5.11 Å². The van der Waals surface area contributed by atoms with Gasteiger partial charge in [0.05, 0.1) is 19.5 Å². The van der Waals surface area contributed by atoms with E-state index in [1.54, 1.807) is 0 Å². The first kappa shape index (κ1) is 44.0. The number of phosphoric ester groups is 1. The Morgan fingerprint density at radius 3 is 2.37 bits per heavy atom. The molecule has 28 nitrogen and oxygen atoms in total. The highest BCUT2D eigenvalue weighted by Crippen LogP contribution is 2.56. The molecule has 0 radical (unpaired) electrons. The number of ether oxygens (including phenoxy) is 4. The van der Waals surface area contributed by atoms with Gasteiger partial charge in [-0.1, -0.05) is 29.4 Å². The van der Waals surface area contributed by atoms with Crippen molar-refractivity contribution in [1.29, 1.82) is 0 Å². The minimum absolute atomic E-state index is 0.0304. The molecule has 322 valence electrons. The predicted molar refractivity (Wildman–Crippen MR) is 198 cm³/mol. The number of hydrogen-bond acceptors (Lipinski definition) is 20. The van der Waals surface area contributed by atoms with E-state index in [2.05, 4.69) is 39.8 Å². The van der Waals surface area contributed by atoms with Crippen LogP contribution >= 0.6 is 15.4 Å². The molecule has 0 saturated carbocycles. The summed E-state index contributed by atoms with van der Waals surface area (Å²) in [6.45, 7) is -1.07. The smallest absolute Gasteiger partial charge is 0.455 e. The molecular weight excluding hydrogens is 846 g/mol. The van der Waals surface area contributed by atoms with Crippen molar-refractivity contribution < 1.29 is 71.6 Å². The van der Waals surface area contributed by atoms with Gasteiger partial charge in [-0.05, 0) is 24.1 Å². The van der Waals surface area contributed by atoms with E-state index in [9.17, 15) is 48.4 Å². The van der Waals surface area contributed by atoms with Crippen LogP contribution < -0.4 is 22.5 Å². The predicted octanol–water partition coefficient (Wildman–Crippen LogP) is -0.387. The molecule has 5 heterocycles. The number of azide groups is 1. The Hall–Kier alpha value is -5.60. The molecule has 0 aliphatic carbocycles. The molecule has 0 bridgehead atoms. The standard InChI is InChI=1S/C30H36N12O16P2/c1-13(37-30(47)53-8-14-2-4-15(5-3-14)39-40-33)28(45)58-22-16(56-26(20(22)43)42-12-36-19-24(32)34-11-35-25(19)42)9-54-59(48,49)23-17(10-55-60(50,51)52)57-27(21(23)44)41-7-6-18(31)38-29(41)46/h2-7,11-13,16-17,20-23,26-27,43-44H,8-10H2,1H3,(H,37,47)(H,48,49)(H2,31,38,46)(H2,32,34,35)(H2,50,51,52)/t13-,16+,17+,20+,21+,22+,23+,26+,27+/m0/s1. The van der Waals surface area contributed by atoms with Crippen molar-refractivity contribution in [2.75, 3.05) is 24.7 Å². The Bertz CT molecular complexity index is 2430. The molecular formula is C30H36N12O16P2. The number of anilines is 2. The van der Waals surface area contributed by atoms with Crippen molar-refractivity contribution in [3.8, 4) is 0 Å². The number of esters is 1. The Morgan fingerprint density at radius 2 is 1.68 bits per heavy atom. The molecule has 0 spiro atoms. The summed E-state index contributed by atoms with van der Waals surface area (Å²) < 4.78 is 59.6.